The lowest BCUT2D eigenvalue weighted by molar-refractivity contribution is -0.115. The van der Waals surface area contributed by atoms with Crippen LogP contribution in [-0.4, -0.2) is 63.2 Å². The van der Waals surface area contributed by atoms with Crippen LogP contribution in [-0.2, 0) is 14.8 Å². The van der Waals surface area contributed by atoms with Gasteiger partial charge in [-0.25, -0.2) is 17.5 Å². The number of nitrogens with one attached hydrogen (secondary N) is 3. The van der Waals surface area contributed by atoms with Gasteiger partial charge in [-0.05, 0) is 44.0 Å². The molecule has 150 valence electrons. The van der Waals surface area contributed by atoms with Gasteiger partial charge >= 0.3 is 6.03 Å². The van der Waals surface area contributed by atoms with Crippen molar-refractivity contribution in [1.82, 2.24) is 14.9 Å². The Hall–Kier alpha value is -2.33. The van der Waals surface area contributed by atoms with Crippen LogP contribution in [0.3, 0.4) is 0 Å². The molecule has 1 aromatic rings. The van der Waals surface area contributed by atoms with Gasteiger partial charge in [-0.2, -0.15) is 0 Å². The van der Waals surface area contributed by atoms with Crippen molar-refractivity contribution in [2.75, 3.05) is 37.8 Å². The van der Waals surface area contributed by atoms with Gasteiger partial charge in [0, 0.05) is 24.8 Å². The zero-order valence-corrected chi connectivity index (χ0v) is 16.3. The van der Waals surface area contributed by atoms with E-state index < -0.39 is 16.1 Å². The van der Waals surface area contributed by atoms with Crippen LogP contribution >= 0.6 is 0 Å². The van der Waals surface area contributed by atoms with E-state index in [4.69, 9.17) is 4.74 Å². The first kappa shape index (κ1) is 21.0. The summed E-state index contributed by atoms with van der Waals surface area (Å²) in [5.41, 5.74) is 0.610. The predicted molar refractivity (Wildman–Crippen MR) is 102 cm³/mol. The summed E-state index contributed by atoms with van der Waals surface area (Å²) in [5.74, 6) is 0.371. The number of piperidine rings is 1. The van der Waals surface area contributed by atoms with Crippen LogP contribution in [0.5, 0.6) is 5.75 Å². The molecular formula is C17H26N4O5S. The van der Waals surface area contributed by atoms with E-state index in [1.807, 2.05) is 6.92 Å². The van der Waals surface area contributed by atoms with E-state index in [1.54, 1.807) is 24.3 Å². The molecule has 10 heteroatoms. The Kier molecular flexibility index (Phi) is 7.43. The number of carbonyl (C=O) groups is 2. The quantitative estimate of drug-likeness (QED) is 0.627. The minimum atomic E-state index is -3.19. The van der Waals surface area contributed by atoms with Crippen molar-refractivity contribution in [2.24, 2.45) is 0 Å². The van der Waals surface area contributed by atoms with E-state index in [2.05, 4.69) is 16.0 Å². The molecule has 27 heavy (non-hydrogen) atoms. The number of benzene rings is 1. The highest BCUT2D eigenvalue weighted by Crippen LogP contribution is 2.15. The van der Waals surface area contributed by atoms with Crippen molar-refractivity contribution in [2.45, 2.75) is 25.8 Å². The molecule has 0 spiro atoms. The third kappa shape index (κ3) is 7.06. The number of rotatable bonds is 7. The number of hydrogen-bond donors (Lipinski definition) is 3. The Balaban J connectivity index is 1.68. The summed E-state index contributed by atoms with van der Waals surface area (Å²) in [4.78, 5) is 23.8. The molecule has 0 unspecified atom stereocenters. The predicted octanol–water partition coefficient (Wildman–Crippen LogP) is 0.747. The molecule has 1 saturated heterocycles. The van der Waals surface area contributed by atoms with Crippen molar-refractivity contribution < 1.29 is 22.7 Å². The number of urea groups is 1. The molecule has 0 atom stereocenters. The molecule has 3 N–H and O–H groups in total. The van der Waals surface area contributed by atoms with E-state index in [0.717, 1.165) is 5.75 Å². The minimum absolute atomic E-state index is 0.114. The summed E-state index contributed by atoms with van der Waals surface area (Å²) in [6.07, 6.45) is 2.26. The van der Waals surface area contributed by atoms with Crippen LogP contribution in [0, 0.1) is 0 Å². The van der Waals surface area contributed by atoms with Gasteiger partial charge in [0.05, 0.1) is 19.4 Å². The highest BCUT2D eigenvalue weighted by molar-refractivity contribution is 7.88. The maximum atomic E-state index is 11.9. The van der Waals surface area contributed by atoms with Gasteiger partial charge in [0.1, 0.15) is 5.75 Å². The maximum absolute atomic E-state index is 11.9. The fourth-order valence-corrected chi connectivity index (χ4v) is 3.61. The van der Waals surface area contributed by atoms with Gasteiger partial charge in [0.25, 0.3) is 0 Å². The molecule has 0 aromatic heterocycles. The van der Waals surface area contributed by atoms with Crippen LogP contribution in [0.4, 0.5) is 10.5 Å². The van der Waals surface area contributed by atoms with Crippen LogP contribution in [0.25, 0.3) is 0 Å². The Morgan fingerprint density at radius 2 is 1.81 bits per heavy atom. The number of hydrogen-bond acceptors (Lipinski definition) is 5. The zero-order chi connectivity index (χ0) is 19.9. The number of nitrogens with zero attached hydrogens (tertiary/aromatic N) is 1. The van der Waals surface area contributed by atoms with Gasteiger partial charge in [0.2, 0.25) is 15.9 Å². The smallest absolute Gasteiger partial charge is 0.315 e. The number of anilines is 1. The molecule has 1 heterocycles. The Bertz CT molecular complexity index is 743. The SMILES string of the molecule is CCOc1ccc(NC(=O)CNC(=O)NC2CCN(S(C)(=O)=O)CC2)cc1. The first-order chi connectivity index (χ1) is 12.8. The summed E-state index contributed by atoms with van der Waals surface area (Å²) in [7, 11) is -3.19. The van der Waals surface area contributed by atoms with Crippen LogP contribution < -0.4 is 20.7 Å². The molecule has 1 aromatic carbocycles. The van der Waals surface area contributed by atoms with E-state index in [0.29, 0.717) is 38.2 Å². The van der Waals surface area contributed by atoms with E-state index >= 15 is 0 Å². The van der Waals surface area contributed by atoms with Crippen LogP contribution in [0.15, 0.2) is 24.3 Å². The largest absolute Gasteiger partial charge is 0.494 e. The average Bonchev–Trinajstić information content (AvgIpc) is 2.62. The molecule has 0 saturated carbocycles. The molecule has 0 radical (unpaired) electrons. The van der Waals surface area contributed by atoms with Crippen molar-refractivity contribution >= 4 is 27.6 Å². The molecule has 1 fully saturated rings. The molecule has 0 aliphatic carbocycles. The fraction of sp³-hybridized carbons (Fsp3) is 0.529. The third-order valence-corrected chi connectivity index (χ3v) is 5.42. The van der Waals surface area contributed by atoms with Gasteiger partial charge in [-0.1, -0.05) is 0 Å². The first-order valence-electron chi connectivity index (χ1n) is 8.80. The molecule has 0 bridgehead atoms. The van der Waals surface area contributed by atoms with Crippen molar-refractivity contribution in [3.63, 3.8) is 0 Å². The lowest BCUT2D eigenvalue weighted by atomic mass is 10.1. The number of carbonyl (C=O) groups excluding carboxylic acids is 2. The Morgan fingerprint density at radius 1 is 1.19 bits per heavy atom. The normalized spacial score (nSPS) is 15.8. The highest BCUT2D eigenvalue weighted by Gasteiger charge is 2.25. The number of ether oxygens (including phenoxy) is 1. The monoisotopic (exact) mass is 398 g/mol. The topological polar surface area (TPSA) is 117 Å². The van der Waals surface area contributed by atoms with Crippen molar-refractivity contribution in [3.05, 3.63) is 24.3 Å². The van der Waals surface area contributed by atoms with Crippen LogP contribution in [0.1, 0.15) is 19.8 Å². The Labute approximate surface area is 159 Å². The zero-order valence-electron chi connectivity index (χ0n) is 15.5. The average molecular weight is 398 g/mol. The molecule has 2 rings (SSSR count). The van der Waals surface area contributed by atoms with Gasteiger partial charge in [0.15, 0.2) is 0 Å². The lowest BCUT2D eigenvalue weighted by Gasteiger charge is -2.30. The molecule has 9 nitrogen and oxygen atoms in total. The standard InChI is InChI=1S/C17H26N4O5S/c1-3-26-15-6-4-13(5-7-15)19-16(22)12-18-17(23)20-14-8-10-21(11-9-14)27(2,24)25/h4-7,14H,3,8-12H2,1-2H3,(H,19,22)(H2,18,20,23). The van der Waals surface area contributed by atoms with Crippen molar-refractivity contribution in [1.29, 1.82) is 0 Å². The fourth-order valence-electron chi connectivity index (χ4n) is 2.74. The summed E-state index contributed by atoms with van der Waals surface area (Å²) in [6.45, 7) is 3.05. The van der Waals surface area contributed by atoms with Gasteiger partial charge < -0.3 is 20.7 Å². The molecule has 3 amide bonds. The summed E-state index contributed by atoms with van der Waals surface area (Å²) in [6, 6.07) is 6.38. The summed E-state index contributed by atoms with van der Waals surface area (Å²) >= 11 is 0. The summed E-state index contributed by atoms with van der Waals surface area (Å²) < 4.78 is 29.7. The second-order valence-electron chi connectivity index (χ2n) is 6.27. The minimum Gasteiger partial charge on any atom is -0.494 e. The van der Waals surface area contributed by atoms with E-state index in [-0.39, 0.29) is 18.5 Å². The van der Waals surface area contributed by atoms with Crippen molar-refractivity contribution in [3.8, 4) is 5.75 Å². The summed E-state index contributed by atoms with van der Waals surface area (Å²) in [5, 5.41) is 7.95. The second-order valence-corrected chi connectivity index (χ2v) is 8.25. The maximum Gasteiger partial charge on any atom is 0.315 e. The van der Waals surface area contributed by atoms with Gasteiger partial charge in [-0.3, -0.25) is 4.79 Å². The molecular weight excluding hydrogens is 372 g/mol. The van der Waals surface area contributed by atoms with E-state index in [9.17, 15) is 18.0 Å². The first-order valence-corrected chi connectivity index (χ1v) is 10.6. The number of sulfonamides is 1. The molecule has 1 aliphatic heterocycles. The second kappa shape index (κ2) is 9.56. The Morgan fingerprint density at radius 3 is 2.37 bits per heavy atom. The highest BCUT2D eigenvalue weighted by atomic mass is 32.2. The third-order valence-electron chi connectivity index (χ3n) is 4.12. The van der Waals surface area contributed by atoms with Gasteiger partial charge in [-0.15, -0.1) is 0 Å². The van der Waals surface area contributed by atoms with Crippen LogP contribution in [0.2, 0.25) is 0 Å². The lowest BCUT2D eigenvalue weighted by Crippen LogP contribution is -2.49. The molecule has 1 aliphatic rings. The number of amides is 3. The van der Waals surface area contributed by atoms with E-state index in [1.165, 1.54) is 10.6 Å².